The zero-order chi connectivity index (χ0) is 24.4. The van der Waals surface area contributed by atoms with Gasteiger partial charge in [-0.15, -0.1) is 11.3 Å². The van der Waals surface area contributed by atoms with Crippen molar-refractivity contribution in [1.82, 2.24) is 14.8 Å². The highest BCUT2D eigenvalue weighted by Gasteiger charge is 2.16. The molecule has 3 aromatic carbocycles. The first-order valence-electron chi connectivity index (χ1n) is 11.4. The van der Waals surface area contributed by atoms with E-state index in [-0.39, 0.29) is 6.10 Å². The van der Waals surface area contributed by atoms with Crippen molar-refractivity contribution in [2.24, 2.45) is 0 Å². The SMILES string of the molecule is Cc1cc(-c2nn(-c3ccccc3)cc2C=C(C#N)c2nc3ccccc3s2)ccc1OC(C)C. The average molecular weight is 477 g/mol. The van der Waals surface area contributed by atoms with Gasteiger partial charge in [0.15, 0.2) is 0 Å². The van der Waals surface area contributed by atoms with E-state index in [0.29, 0.717) is 10.6 Å². The van der Waals surface area contributed by atoms with Crippen LogP contribution in [-0.2, 0) is 0 Å². The first-order valence-corrected chi connectivity index (χ1v) is 12.2. The van der Waals surface area contributed by atoms with Crippen LogP contribution in [0.2, 0.25) is 0 Å². The summed E-state index contributed by atoms with van der Waals surface area (Å²) in [6.45, 7) is 6.07. The summed E-state index contributed by atoms with van der Waals surface area (Å²) in [5.74, 6) is 0.857. The van der Waals surface area contributed by atoms with Crippen molar-refractivity contribution in [3.05, 3.63) is 95.1 Å². The molecule has 0 N–H and O–H groups in total. The highest BCUT2D eigenvalue weighted by Crippen LogP contribution is 2.33. The average Bonchev–Trinajstić information content (AvgIpc) is 3.48. The van der Waals surface area contributed by atoms with Crippen LogP contribution < -0.4 is 4.74 Å². The number of allylic oxidation sites excluding steroid dienone is 1. The Balaban J connectivity index is 1.64. The van der Waals surface area contributed by atoms with Gasteiger partial charge in [-0.05, 0) is 74.9 Å². The lowest BCUT2D eigenvalue weighted by Gasteiger charge is -2.13. The number of fused-ring (bicyclic) bond motifs is 1. The van der Waals surface area contributed by atoms with Crippen LogP contribution >= 0.6 is 11.3 Å². The number of para-hydroxylation sites is 2. The number of hydrogen-bond acceptors (Lipinski definition) is 5. The Morgan fingerprint density at radius 3 is 2.54 bits per heavy atom. The minimum atomic E-state index is 0.0994. The number of aromatic nitrogens is 3. The summed E-state index contributed by atoms with van der Waals surface area (Å²) in [6, 6.07) is 26.3. The first-order chi connectivity index (χ1) is 17.0. The van der Waals surface area contributed by atoms with Crippen molar-refractivity contribution < 1.29 is 4.74 Å². The fraction of sp³-hybridized carbons (Fsp3) is 0.138. The number of rotatable bonds is 6. The van der Waals surface area contributed by atoms with E-state index in [2.05, 4.69) is 17.1 Å². The maximum absolute atomic E-state index is 10.0. The molecule has 0 amide bonds. The van der Waals surface area contributed by atoms with Gasteiger partial charge in [0, 0.05) is 17.3 Å². The molecule has 0 atom stereocenters. The van der Waals surface area contributed by atoms with Gasteiger partial charge >= 0.3 is 0 Å². The van der Waals surface area contributed by atoms with Crippen molar-refractivity contribution in [3.8, 4) is 28.8 Å². The van der Waals surface area contributed by atoms with Crippen LogP contribution in [0.15, 0.2) is 79.0 Å². The molecule has 2 heterocycles. The second-order valence-electron chi connectivity index (χ2n) is 8.52. The molecule has 0 unspecified atom stereocenters. The van der Waals surface area contributed by atoms with Gasteiger partial charge in [0.1, 0.15) is 22.5 Å². The number of nitriles is 1. The second-order valence-corrected chi connectivity index (χ2v) is 9.55. The van der Waals surface area contributed by atoms with Crippen molar-refractivity contribution >= 4 is 33.2 Å². The number of nitrogens with zero attached hydrogens (tertiary/aromatic N) is 4. The van der Waals surface area contributed by atoms with Gasteiger partial charge in [0.2, 0.25) is 0 Å². The summed E-state index contributed by atoms with van der Waals surface area (Å²) in [5.41, 5.74) is 5.99. The molecule has 35 heavy (non-hydrogen) atoms. The quantitative estimate of drug-likeness (QED) is 0.241. The minimum absolute atomic E-state index is 0.0994. The Kier molecular flexibility index (Phi) is 6.17. The van der Waals surface area contributed by atoms with Crippen molar-refractivity contribution in [2.75, 3.05) is 0 Å². The molecule has 0 fully saturated rings. The Labute approximate surface area is 208 Å². The summed E-state index contributed by atoms with van der Waals surface area (Å²) in [6.07, 6.45) is 3.94. The van der Waals surface area contributed by atoms with E-state index in [9.17, 15) is 5.26 Å². The van der Waals surface area contributed by atoms with Crippen molar-refractivity contribution in [2.45, 2.75) is 26.9 Å². The van der Waals surface area contributed by atoms with Gasteiger partial charge in [0.05, 0.1) is 27.6 Å². The van der Waals surface area contributed by atoms with Crippen molar-refractivity contribution in [3.63, 3.8) is 0 Å². The third-order valence-electron chi connectivity index (χ3n) is 5.52. The van der Waals surface area contributed by atoms with Gasteiger partial charge in [-0.25, -0.2) is 9.67 Å². The summed E-state index contributed by atoms with van der Waals surface area (Å²) >= 11 is 1.52. The van der Waals surface area contributed by atoms with Crippen LogP contribution in [0.4, 0.5) is 0 Å². The summed E-state index contributed by atoms with van der Waals surface area (Å²) in [7, 11) is 0. The maximum atomic E-state index is 10.0. The highest BCUT2D eigenvalue weighted by molar-refractivity contribution is 7.19. The molecule has 5 rings (SSSR count). The standard InChI is InChI=1S/C29H24N4OS/c1-19(2)34-26-14-13-21(15-20(26)3)28-23(18-33(32-28)24-9-5-4-6-10-24)16-22(17-30)29-31-25-11-7-8-12-27(25)35-29/h4-16,18-19H,1-3H3. The topological polar surface area (TPSA) is 63.7 Å². The second kappa shape index (κ2) is 9.57. The number of benzene rings is 3. The van der Waals surface area contributed by atoms with Gasteiger partial charge < -0.3 is 4.74 Å². The zero-order valence-electron chi connectivity index (χ0n) is 19.8. The number of thiazole rings is 1. The lowest BCUT2D eigenvalue weighted by molar-refractivity contribution is 0.241. The molecule has 0 aliphatic heterocycles. The lowest BCUT2D eigenvalue weighted by atomic mass is 10.0. The van der Waals surface area contributed by atoms with Gasteiger partial charge in [0.25, 0.3) is 0 Å². The number of ether oxygens (including phenoxy) is 1. The highest BCUT2D eigenvalue weighted by atomic mass is 32.1. The molecule has 2 aromatic heterocycles. The fourth-order valence-corrected chi connectivity index (χ4v) is 4.83. The molecule has 0 aliphatic carbocycles. The lowest BCUT2D eigenvalue weighted by Crippen LogP contribution is -2.06. The molecule has 5 aromatic rings. The molecule has 0 saturated heterocycles. The van der Waals surface area contributed by atoms with Gasteiger partial charge in [-0.3, -0.25) is 0 Å². The number of aryl methyl sites for hydroxylation is 1. The molecular formula is C29H24N4OS. The summed E-state index contributed by atoms with van der Waals surface area (Å²) in [4.78, 5) is 4.68. The van der Waals surface area contributed by atoms with Gasteiger partial charge in [-0.1, -0.05) is 30.3 Å². The monoisotopic (exact) mass is 476 g/mol. The maximum Gasteiger partial charge on any atom is 0.135 e. The summed E-state index contributed by atoms with van der Waals surface area (Å²) < 4.78 is 8.83. The normalized spacial score (nSPS) is 11.7. The van der Waals surface area contributed by atoms with Crippen LogP contribution in [0.3, 0.4) is 0 Å². The molecule has 6 heteroatoms. The molecule has 0 aliphatic rings. The van der Waals surface area contributed by atoms with E-state index in [4.69, 9.17) is 9.84 Å². The van der Waals surface area contributed by atoms with Crippen molar-refractivity contribution in [1.29, 1.82) is 5.26 Å². The third kappa shape index (κ3) is 4.72. The molecule has 172 valence electrons. The summed E-state index contributed by atoms with van der Waals surface area (Å²) in [5, 5.41) is 15.6. The first kappa shape index (κ1) is 22.6. The largest absolute Gasteiger partial charge is 0.491 e. The van der Waals surface area contributed by atoms with E-state index in [1.165, 1.54) is 11.3 Å². The minimum Gasteiger partial charge on any atom is -0.491 e. The van der Waals surface area contributed by atoms with Crippen LogP contribution in [0.25, 0.3) is 38.8 Å². The Morgan fingerprint density at radius 2 is 1.83 bits per heavy atom. The smallest absolute Gasteiger partial charge is 0.135 e. The Morgan fingerprint density at radius 1 is 1.06 bits per heavy atom. The van der Waals surface area contributed by atoms with E-state index in [1.54, 1.807) is 0 Å². The molecule has 0 saturated carbocycles. The van der Waals surface area contributed by atoms with Crippen LogP contribution in [0.1, 0.15) is 30.0 Å². The van der Waals surface area contributed by atoms with E-state index in [1.807, 2.05) is 104 Å². The zero-order valence-corrected chi connectivity index (χ0v) is 20.6. The van der Waals surface area contributed by atoms with E-state index in [0.717, 1.165) is 44.0 Å². The Hall–Kier alpha value is -4.21. The Bertz CT molecular complexity index is 1540. The molecular weight excluding hydrogens is 452 g/mol. The predicted octanol–water partition coefficient (Wildman–Crippen LogP) is 7.31. The molecule has 5 nitrogen and oxygen atoms in total. The fourth-order valence-electron chi connectivity index (χ4n) is 3.90. The number of hydrogen-bond donors (Lipinski definition) is 0. The van der Waals surface area contributed by atoms with Crippen LogP contribution in [0.5, 0.6) is 5.75 Å². The molecule has 0 bridgehead atoms. The third-order valence-corrected chi connectivity index (χ3v) is 6.59. The predicted molar refractivity (Wildman–Crippen MR) is 143 cm³/mol. The van der Waals surface area contributed by atoms with E-state index >= 15 is 0 Å². The molecule has 0 radical (unpaired) electrons. The van der Waals surface area contributed by atoms with Crippen LogP contribution in [-0.4, -0.2) is 20.9 Å². The van der Waals surface area contributed by atoms with E-state index < -0.39 is 0 Å². The van der Waals surface area contributed by atoms with Gasteiger partial charge in [-0.2, -0.15) is 10.4 Å². The van der Waals surface area contributed by atoms with Crippen LogP contribution in [0, 0.1) is 18.3 Å². The molecule has 0 spiro atoms.